The molecule has 1 atom stereocenters. The van der Waals surface area contributed by atoms with Crippen molar-refractivity contribution in [1.82, 2.24) is 10.3 Å². The molecule has 17 heavy (non-hydrogen) atoms. The van der Waals surface area contributed by atoms with Crippen molar-refractivity contribution in [2.75, 3.05) is 20.8 Å². The third kappa shape index (κ3) is 3.17. The highest BCUT2D eigenvalue weighted by molar-refractivity contribution is 5.31. The highest BCUT2D eigenvalue weighted by Crippen LogP contribution is 2.32. The topological polar surface area (TPSA) is 43.4 Å². The van der Waals surface area contributed by atoms with Crippen molar-refractivity contribution < 1.29 is 9.47 Å². The second-order valence-electron chi connectivity index (χ2n) is 4.39. The van der Waals surface area contributed by atoms with Gasteiger partial charge in [-0.1, -0.05) is 6.92 Å². The molecule has 0 aliphatic carbocycles. The Balaban J connectivity index is 3.13. The lowest BCUT2D eigenvalue weighted by Gasteiger charge is -2.33. The first-order valence-electron chi connectivity index (χ1n) is 5.84. The van der Waals surface area contributed by atoms with Gasteiger partial charge in [0.1, 0.15) is 11.4 Å². The molecule has 0 aliphatic heterocycles. The van der Waals surface area contributed by atoms with Gasteiger partial charge in [0.25, 0.3) is 0 Å². The van der Waals surface area contributed by atoms with Crippen LogP contribution in [0.2, 0.25) is 0 Å². The predicted octanol–water partition coefficient (Wildman–Crippen LogP) is 2.17. The molecule has 0 aromatic carbocycles. The fourth-order valence-corrected chi connectivity index (χ4v) is 1.79. The van der Waals surface area contributed by atoms with E-state index in [-0.39, 0.29) is 11.6 Å². The molecule has 1 rings (SSSR count). The lowest BCUT2D eigenvalue weighted by molar-refractivity contribution is -0.0124. The molecule has 0 saturated heterocycles. The first kappa shape index (κ1) is 13.9. The van der Waals surface area contributed by atoms with E-state index in [1.54, 1.807) is 20.4 Å². The van der Waals surface area contributed by atoms with Crippen LogP contribution >= 0.6 is 0 Å². The summed E-state index contributed by atoms with van der Waals surface area (Å²) in [4.78, 5) is 4.42. The highest BCUT2D eigenvalue weighted by Gasteiger charge is 2.33. The molecular formula is C13H22N2O2. The van der Waals surface area contributed by atoms with E-state index in [1.165, 1.54) is 0 Å². The van der Waals surface area contributed by atoms with Crippen LogP contribution < -0.4 is 10.1 Å². The van der Waals surface area contributed by atoms with Gasteiger partial charge in [0.05, 0.1) is 18.8 Å². The molecule has 96 valence electrons. The summed E-state index contributed by atoms with van der Waals surface area (Å²) < 4.78 is 10.9. The smallest absolute Gasteiger partial charge is 0.142 e. The van der Waals surface area contributed by atoms with Gasteiger partial charge in [-0.05, 0) is 32.5 Å². The Kier molecular flexibility index (Phi) is 4.90. The lowest BCUT2D eigenvalue weighted by Crippen LogP contribution is -2.41. The normalized spacial score (nSPS) is 13.5. The first-order valence-corrected chi connectivity index (χ1v) is 5.84. The summed E-state index contributed by atoms with van der Waals surface area (Å²) in [5.41, 5.74) is 0.529. The van der Waals surface area contributed by atoms with Crippen LogP contribution in [0.3, 0.4) is 0 Å². The molecule has 0 aliphatic rings. The Morgan fingerprint density at radius 3 is 2.65 bits per heavy atom. The monoisotopic (exact) mass is 238 g/mol. The van der Waals surface area contributed by atoms with Gasteiger partial charge in [0, 0.05) is 13.3 Å². The van der Waals surface area contributed by atoms with E-state index in [4.69, 9.17) is 9.47 Å². The van der Waals surface area contributed by atoms with Crippen molar-refractivity contribution in [2.45, 2.75) is 32.4 Å². The van der Waals surface area contributed by atoms with Gasteiger partial charge in [-0.25, -0.2) is 0 Å². The zero-order chi connectivity index (χ0) is 12.9. The molecule has 1 unspecified atom stereocenters. The molecule has 0 radical (unpaired) electrons. The van der Waals surface area contributed by atoms with Gasteiger partial charge in [-0.2, -0.15) is 0 Å². The van der Waals surface area contributed by atoms with E-state index < -0.39 is 0 Å². The van der Waals surface area contributed by atoms with E-state index >= 15 is 0 Å². The van der Waals surface area contributed by atoms with Crippen molar-refractivity contribution in [2.24, 2.45) is 0 Å². The summed E-state index contributed by atoms with van der Waals surface area (Å²) >= 11 is 0. The SMILES string of the molecule is CCNC(c1ncccc1OC)C(C)(C)OC. The number of aromatic nitrogens is 1. The number of nitrogens with zero attached hydrogens (tertiary/aromatic N) is 1. The van der Waals surface area contributed by atoms with Gasteiger partial charge in [0.2, 0.25) is 0 Å². The second kappa shape index (κ2) is 5.98. The molecular weight excluding hydrogens is 216 g/mol. The minimum Gasteiger partial charge on any atom is -0.495 e. The average molecular weight is 238 g/mol. The number of nitrogens with one attached hydrogen (secondary N) is 1. The van der Waals surface area contributed by atoms with Crippen LogP contribution in [-0.2, 0) is 4.74 Å². The molecule has 0 saturated carbocycles. The van der Waals surface area contributed by atoms with Crippen LogP contribution in [0, 0.1) is 0 Å². The number of methoxy groups -OCH3 is 2. The molecule has 0 bridgehead atoms. The number of hydrogen-bond acceptors (Lipinski definition) is 4. The predicted molar refractivity (Wildman–Crippen MR) is 68.3 cm³/mol. The minimum absolute atomic E-state index is 0.00588. The van der Waals surface area contributed by atoms with Crippen molar-refractivity contribution >= 4 is 0 Å². The fourth-order valence-electron chi connectivity index (χ4n) is 1.79. The number of likely N-dealkylation sites (N-methyl/N-ethyl adjacent to an activating group) is 1. The van der Waals surface area contributed by atoms with E-state index in [2.05, 4.69) is 17.2 Å². The Bertz CT molecular complexity index is 353. The van der Waals surface area contributed by atoms with Crippen molar-refractivity contribution in [3.05, 3.63) is 24.0 Å². The molecule has 0 fully saturated rings. The van der Waals surface area contributed by atoms with Crippen LogP contribution in [0.4, 0.5) is 0 Å². The average Bonchev–Trinajstić information content (AvgIpc) is 2.35. The van der Waals surface area contributed by atoms with Gasteiger partial charge >= 0.3 is 0 Å². The highest BCUT2D eigenvalue weighted by atomic mass is 16.5. The summed E-state index contributed by atoms with van der Waals surface area (Å²) in [7, 11) is 3.36. The summed E-state index contributed by atoms with van der Waals surface area (Å²) in [5, 5.41) is 3.40. The first-order chi connectivity index (χ1) is 8.06. The largest absolute Gasteiger partial charge is 0.495 e. The Morgan fingerprint density at radius 1 is 1.41 bits per heavy atom. The quantitative estimate of drug-likeness (QED) is 0.825. The molecule has 1 N–H and O–H groups in total. The standard InChI is InChI=1S/C13H22N2O2/c1-6-14-12(13(2,3)17-5)11-10(16-4)8-7-9-15-11/h7-9,12,14H,6H2,1-5H3. The van der Waals surface area contributed by atoms with Gasteiger partial charge in [-0.3, -0.25) is 4.98 Å². The third-order valence-electron chi connectivity index (χ3n) is 2.92. The maximum atomic E-state index is 5.55. The van der Waals surface area contributed by atoms with E-state index in [1.807, 2.05) is 26.0 Å². The van der Waals surface area contributed by atoms with Crippen molar-refractivity contribution in [1.29, 1.82) is 0 Å². The zero-order valence-electron chi connectivity index (χ0n) is 11.3. The van der Waals surface area contributed by atoms with Gasteiger partial charge in [0.15, 0.2) is 0 Å². The fraction of sp³-hybridized carbons (Fsp3) is 0.615. The van der Waals surface area contributed by atoms with Crippen molar-refractivity contribution in [3.63, 3.8) is 0 Å². The lowest BCUT2D eigenvalue weighted by atomic mass is 9.94. The maximum Gasteiger partial charge on any atom is 0.142 e. The Morgan fingerprint density at radius 2 is 2.12 bits per heavy atom. The van der Waals surface area contributed by atoms with Crippen LogP contribution in [0.15, 0.2) is 18.3 Å². The van der Waals surface area contributed by atoms with Crippen LogP contribution in [0.5, 0.6) is 5.75 Å². The molecule has 4 nitrogen and oxygen atoms in total. The Labute approximate surface area is 103 Å². The van der Waals surface area contributed by atoms with Gasteiger partial charge < -0.3 is 14.8 Å². The van der Waals surface area contributed by atoms with Crippen LogP contribution in [0.1, 0.15) is 32.5 Å². The summed E-state index contributed by atoms with van der Waals surface area (Å²) in [6.45, 7) is 6.98. The number of hydrogen-bond donors (Lipinski definition) is 1. The van der Waals surface area contributed by atoms with E-state index in [0.717, 1.165) is 18.0 Å². The van der Waals surface area contributed by atoms with E-state index in [9.17, 15) is 0 Å². The summed E-state index contributed by atoms with van der Waals surface area (Å²) in [5.74, 6) is 0.781. The molecule has 1 aromatic rings. The minimum atomic E-state index is -0.350. The van der Waals surface area contributed by atoms with E-state index in [0.29, 0.717) is 0 Å². The summed E-state index contributed by atoms with van der Waals surface area (Å²) in [6.07, 6.45) is 1.77. The number of rotatable bonds is 6. The summed E-state index contributed by atoms with van der Waals surface area (Å²) in [6, 6.07) is 3.78. The zero-order valence-corrected chi connectivity index (χ0v) is 11.3. The molecule has 1 aromatic heterocycles. The molecule has 1 heterocycles. The van der Waals surface area contributed by atoms with Crippen LogP contribution in [-0.4, -0.2) is 31.3 Å². The molecule has 0 amide bonds. The van der Waals surface area contributed by atoms with Gasteiger partial charge in [-0.15, -0.1) is 0 Å². The number of pyridine rings is 1. The molecule has 4 heteroatoms. The van der Waals surface area contributed by atoms with Crippen molar-refractivity contribution in [3.8, 4) is 5.75 Å². The number of ether oxygens (including phenoxy) is 2. The maximum absolute atomic E-state index is 5.55. The molecule has 0 spiro atoms. The third-order valence-corrected chi connectivity index (χ3v) is 2.92. The Hall–Kier alpha value is -1.13. The van der Waals surface area contributed by atoms with Crippen LogP contribution in [0.25, 0.3) is 0 Å². The second-order valence-corrected chi connectivity index (χ2v) is 4.39.